The van der Waals surface area contributed by atoms with E-state index < -0.39 is 105 Å². The Kier molecular flexibility index (Phi) is 22.1. The van der Waals surface area contributed by atoms with E-state index in [4.69, 9.17) is 29.1 Å². The highest BCUT2D eigenvalue weighted by Gasteiger charge is 2.46. The predicted octanol–water partition coefficient (Wildman–Crippen LogP) is 14.2. The van der Waals surface area contributed by atoms with E-state index in [-0.39, 0.29) is 75.3 Å². The second kappa shape index (κ2) is 28.2. The number of hydrogen-bond donors (Lipinski definition) is 6. The van der Waals surface area contributed by atoms with Crippen molar-refractivity contribution in [2.45, 2.75) is 174 Å². The largest absolute Gasteiger partial charge is 0.490 e. The number of hydrogen-bond acceptors (Lipinski definition) is 13. The van der Waals surface area contributed by atoms with Gasteiger partial charge >= 0.3 is 36.6 Å². The normalized spacial score (nSPS) is 18.9. The van der Waals surface area contributed by atoms with Gasteiger partial charge in [0.05, 0.1) is 57.6 Å². The van der Waals surface area contributed by atoms with Crippen LogP contribution in [0.15, 0.2) is 97.3 Å². The molecule has 0 saturated heterocycles. The lowest BCUT2D eigenvalue weighted by atomic mass is 9.69. The van der Waals surface area contributed by atoms with Gasteiger partial charge in [-0.05, 0) is 162 Å². The van der Waals surface area contributed by atoms with Crippen LogP contribution in [0.25, 0.3) is 0 Å². The molecule has 496 valence electrons. The Morgan fingerprint density at radius 2 is 0.923 bits per heavy atom. The zero-order valence-corrected chi connectivity index (χ0v) is 51.1. The standard InChI is InChI=1S/C32H40F4N6O4.C27H30F4N4O3.C2HF3O2/c1-29(2,3)42-25(15-18-37-42)39-24-12-7-9-20(38-24)19-31(27(43)40-41-28(44)46-30(4,5)6)16-13-21(14-17-31)45-23-11-8-10-22(26(23)33)32(34,35)36;1-25(2,3)35-22(12-15-32-35)34-21-9-4-6-17(33-21)16-26(24(36)37)13-10-18(11-14-26)38-20-8-5-7-19(23(20)28)27(29,30)31;3-2(4,5)1(6)7/h7-12,15,18,21H,13-14,16-17,19H2,1-6H3,(H,38,39)(H,40,43)(H,41,44);4-9,12,15,18H,10-11,13-14,16H2,1-3H3,(H,33,34)(H,36,37);(H,6,7). The molecule has 0 bridgehead atoms. The van der Waals surface area contributed by atoms with Crippen molar-refractivity contribution in [3.05, 3.63) is 131 Å². The van der Waals surface area contributed by atoms with Crippen molar-refractivity contribution in [2.75, 3.05) is 10.6 Å². The van der Waals surface area contributed by atoms with E-state index in [0.29, 0.717) is 35.2 Å². The van der Waals surface area contributed by atoms with Gasteiger partial charge in [0.2, 0.25) is 5.91 Å². The molecule has 0 atom stereocenters. The minimum absolute atomic E-state index is 0.168. The molecule has 30 heteroatoms. The molecule has 2 aromatic carbocycles. The number of rotatable bonds is 14. The summed E-state index contributed by atoms with van der Waals surface area (Å²) in [6, 6.07) is 20.2. The van der Waals surface area contributed by atoms with Crippen LogP contribution in [0.3, 0.4) is 0 Å². The Labute approximate surface area is 516 Å². The van der Waals surface area contributed by atoms with E-state index in [2.05, 4.69) is 36.7 Å². The smallest absolute Gasteiger partial charge is 0.487 e. The molecule has 2 fully saturated rings. The summed E-state index contributed by atoms with van der Waals surface area (Å²) in [4.78, 5) is 56.6. The number of aromatic nitrogens is 6. The first kappa shape index (κ1) is 71.3. The molecule has 0 radical (unpaired) electrons. The van der Waals surface area contributed by atoms with Crippen LogP contribution >= 0.6 is 0 Å². The van der Waals surface area contributed by atoms with Crippen LogP contribution in [-0.4, -0.2) is 87.7 Å². The zero-order valence-electron chi connectivity index (χ0n) is 51.1. The van der Waals surface area contributed by atoms with Crippen molar-refractivity contribution in [1.29, 1.82) is 0 Å². The molecule has 2 aliphatic rings. The number of pyridine rings is 2. The number of carbonyl (C=O) groups excluding carboxylic acids is 2. The Morgan fingerprint density at radius 1 is 0.549 bits per heavy atom. The number of amides is 2. The van der Waals surface area contributed by atoms with Crippen LogP contribution in [0.1, 0.15) is 136 Å². The van der Waals surface area contributed by atoms with Crippen LogP contribution in [0.4, 0.5) is 76.4 Å². The summed E-state index contributed by atoms with van der Waals surface area (Å²) in [5, 5.41) is 32.5. The molecule has 4 aromatic heterocycles. The maximum atomic E-state index is 14.7. The fourth-order valence-corrected chi connectivity index (χ4v) is 10.1. The number of benzene rings is 2. The third kappa shape index (κ3) is 19.6. The lowest BCUT2D eigenvalue weighted by molar-refractivity contribution is -0.192. The van der Waals surface area contributed by atoms with Gasteiger partial charge in [0, 0.05) is 36.4 Å². The lowest BCUT2D eigenvalue weighted by Gasteiger charge is -2.38. The van der Waals surface area contributed by atoms with Crippen LogP contribution in [0, 0.1) is 22.5 Å². The number of carbonyl (C=O) groups is 4. The first-order valence-corrected chi connectivity index (χ1v) is 28.5. The molecule has 8 rings (SSSR count). The van der Waals surface area contributed by atoms with E-state index >= 15 is 0 Å². The number of nitrogens with one attached hydrogen (secondary N) is 4. The van der Waals surface area contributed by atoms with Crippen molar-refractivity contribution in [3.8, 4) is 11.5 Å². The van der Waals surface area contributed by atoms with Gasteiger partial charge in [0.25, 0.3) is 0 Å². The number of halogens is 11. The topological polar surface area (TPSA) is 246 Å². The minimum atomic E-state index is -5.08. The fraction of sp³-hybridized carbons (Fsp3) is 0.475. The minimum Gasteiger partial charge on any atom is -0.487 e. The van der Waals surface area contributed by atoms with Crippen molar-refractivity contribution < 1.29 is 91.9 Å². The highest BCUT2D eigenvalue weighted by molar-refractivity contribution is 5.85. The summed E-state index contributed by atoms with van der Waals surface area (Å²) in [6.45, 7) is 17.2. The summed E-state index contributed by atoms with van der Waals surface area (Å²) in [6.07, 6.45) is -11.3. The Hall–Kier alpha value is -8.73. The second-order valence-corrected chi connectivity index (χ2v) is 24.8. The molecular weight excluding hydrogens is 1230 g/mol. The molecule has 0 spiro atoms. The number of hydrazine groups is 1. The van der Waals surface area contributed by atoms with Crippen LogP contribution in [0.5, 0.6) is 11.5 Å². The highest BCUT2D eigenvalue weighted by Crippen LogP contribution is 2.44. The Bertz CT molecular complexity index is 3480. The third-order valence-electron chi connectivity index (χ3n) is 14.5. The van der Waals surface area contributed by atoms with Crippen molar-refractivity contribution >= 4 is 47.2 Å². The summed E-state index contributed by atoms with van der Waals surface area (Å²) in [7, 11) is 0. The van der Waals surface area contributed by atoms with Gasteiger partial charge in [0.1, 0.15) is 28.9 Å². The van der Waals surface area contributed by atoms with Gasteiger partial charge in [-0.15, -0.1) is 0 Å². The fourth-order valence-electron chi connectivity index (χ4n) is 10.1. The third-order valence-corrected chi connectivity index (χ3v) is 14.5. The molecule has 2 saturated carbocycles. The molecule has 19 nitrogen and oxygen atoms in total. The van der Waals surface area contributed by atoms with Crippen molar-refractivity contribution in [1.82, 2.24) is 40.4 Å². The number of ether oxygens (including phenoxy) is 3. The summed E-state index contributed by atoms with van der Waals surface area (Å²) in [5.41, 5.74) is -0.407. The quantitative estimate of drug-likeness (QED) is 0.0439. The molecule has 91 heavy (non-hydrogen) atoms. The van der Waals surface area contributed by atoms with Gasteiger partial charge in [-0.3, -0.25) is 15.0 Å². The first-order chi connectivity index (χ1) is 42.1. The number of anilines is 4. The van der Waals surface area contributed by atoms with E-state index in [1.54, 1.807) is 69.6 Å². The summed E-state index contributed by atoms with van der Waals surface area (Å²) in [5.74, 6) is -5.60. The van der Waals surface area contributed by atoms with Gasteiger partial charge in [0.15, 0.2) is 23.1 Å². The van der Waals surface area contributed by atoms with Gasteiger partial charge < -0.3 is 35.1 Å². The van der Waals surface area contributed by atoms with Crippen LogP contribution in [-0.2, 0) is 55.4 Å². The van der Waals surface area contributed by atoms with Gasteiger partial charge in [-0.1, -0.05) is 24.3 Å². The number of alkyl halides is 9. The summed E-state index contributed by atoms with van der Waals surface area (Å²) >= 11 is 0. The molecule has 2 aliphatic carbocycles. The molecule has 2 amide bonds. The molecule has 0 aliphatic heterocycles. The molecule has 4 heterocycles. The van der Waals surface area contributed by atoms with Gasteiger partial charge in [-0.2, -0.15) is 49.7 Å². The molecule has 6 aromatic rings. The second-order valence-electron chi connectivity index (χ2n) is 24.8. The van der Waals surface area contributed by atoms with Crippen LogP contribution < -0.4 is 31.0 Å². The summed E-state index contributed by atoms with van der Waals surface area (Å²) < 4.78 is 160. The molecule has 6 N–H and O–H groups in total. The predicted molar refractivity (Wildman–Crippen MR) is 309 cm³/mol. The van der Waals surface area contributed by atoms with Crippen LogP contribution in [0.2, 0.25) is 0 Å². The highest BCUT2D eigenvalue weighted by atomic mass is 19.4. The molecule has 0 unspecified atom stereocenters. The SMILES string of the molecule is CC(C)(C)OC(=O)NNC(=O)C1(Cc2cccc(Nc3ccnn3C(C)(C)C)n2)CCC(Oc2cccc(C(F)(F)F)c2F)CC1.CC(C)(C)n1nccc1Nc1cccc(CC2(C(=O)O)CCC(Oc3cccc(C(F)(F)F)c3F)CC2)n1.O=C(O)C(F)(F)F. The maximum Gasteiger partial charge on any atom is 0.490 e. The van der Waals surface area contributed by atoms with E-state index in [1.807, 2.05) is 63.0 Å². The zero-order chi connectivity index (χ0) is 67.7. The first-order valence-electron chi connectivity index (χ1n) is 28.5. The van der Waals surface area contributed by atoms with Crippen molar-refractivity contribution in [2.24, 2.45) is 10.8 Å². The lowest BCUT2D eigenvalue weighted by Crippen LogP contribution is -2.53. The Balaban J connectivity index is 0.000000265. The van der Waals surface area contributed by atoms with Crippen molar-refractivity contribution in [3.63, 3.8) is 0 Å². The Morgan fingerprint density at radius 3 is 1.27 bits per heavy atom. The monoisotopic (exact) mass is 1300 g/mol. The van der Waals surface area contributed by atoms with E-state index in [1.165, 1.54) is 0 Å². The van der Waals surface area contributed by atoms with E-state index in [9.17, 15) is 67.8 Å². The number of aliphatic carboxylic acids is 2. The number of nitrogens with zero attached hydrogens (tertiary/aromatic N) is 6. The van der Waals surface area contributed by atoms with E-state index in [0.717, 1.165) is 35.9 Å². The number of carboxylic acid groups (broad SMARTS) is 2. The molecular formula is C61H71F11N10O9. The average molecular weight is 1300 g/mol. The number of carboxylic acids is 2. The average Bonchev–Trinajstić information content (AvgIpc) is 1.54. The van der Waals surface area contributed by atoms with Gasteiger partial charge in [-0.25, -0.2) is 43.1 Å². The maximum absolute atomic E-state index is 14.7.